The number of nitrogens with one attached hydrogen (secondary N) is 2. The quantitative estimate of drug-likeness (QED) is 0.0951. The summed E-state index contributed by atoms with van der Waals surface area (Å²) in [6.07, 6.45) is 4.49. The minimum absolute atomic E-state index is 0. The van der Waals surface area contributed by atoms with Crippen molar-refractivity contribution in [1.82, 2.24) is 48.8 Å². The van der Waals surface area contributed by atoms with Crippen molar-refractivity contribution in [2.75, 3.05) is 28.2 Å². The Hall–Kier alpha value is -4.05. The number of aromatic nitrogens is 8. The molecule has 0 radical (unpaired) electrons. The minimum atomic E-state index is -0.776. The van der Waals surface area contributed by atoms with E-state index >= 15 is 0 Å². The SMILES string of the molecule is C.C.CC[C@H]1O[C@@H](n2cnc3c(=O)[nH]c(N=CN(C)C)nc32)C(OC(C)=O)[C@H]1Br.CC[C@H]1O[C@@H](n2cnc3c(=O)[nH]c(N=CN(C)C)nc32)[C@H](O)[C@H]1Br. The number of aliphatic imine (C=N–C) groups is 2. The third-order valence-electron chi connectivity index (χ3n) is 7.87. The molecular formula is C32H48Br2N12O7. The van der Waals surface area contributed by atoms with Gasteiger partial charge in [0.05, 0.1) is 47.2 Å². The number of alkyl halides is 2. The zero-order chi connectivity index (χ0) is 37.1. The molecule has 4 aromatic heterocycles. The molecule has 0 amide bonds. The van der Waals surface area contributed by atoms with Crippen LogP contribution in [0.1, 0.15) is 60.9 Å². The Kier molecular flexibility index (Phi) is 15.0. The number of aliphatic hydroxyl groups excluding tert-OH is 1. The Morgan fingerprint density at radius 3 is 1.72 bits per heavy atom. The van der Waals surface area contributed by atoms with Gasteiger partial charge in [-0.3, -0.25) is 33.5 Å². The van der Waals surface area contributed by atoms with E-state index in [0.29, 0.717) is 11.3 Å². The normalized spacial score (nSPS) is 25.3. The van der Waals surface area contributed by atoms with Gasteiger partial charge in [-0.1, -0.05) is 60.6 Å². The van der Waals surface area contributed by atoms with E-state index < -0.39 is 36.2 Å². The summed E-state index contributed by atoms with van der Waals surface area (Å²) >= 11 is 7.03. The number of imidazole rings is 2. The Morgan fingerprint density at radius 1 is 0.868 bits per heavy atom. The summed E-state index contributed by atoms with van der Waals surface area (Å²) in [6.45, 7) is 5.31. The fourth-order valence-electron chi connectivity index (χ4n) is 5.49. The molecule has 2 saturated heterocycles. The number of hydrogen-bond acceptors (Lipinski definition) is 13. The highest BCUT2D eigenvalue weighted by molar-refractivity contribution is 9.09. The summed E-state index contributed by atoms with van der Waals surface area (Å²) < 4.78 is 20.6. The summed E-state index contributed by atoms with van der Waals surface area (Å²) in [6, 6.07) is 0. The highest BCUT2D eigenvalue weighted by atomic mass is 79.9. The lowest BCUT2D eigenvalue weighted by Gasteiger charge is -2.21. The second kappa shape index (κ2) is 18.3. The van der Waals surface area contributed by atoms with E-state index in [9.17, 15) is 19.5 Å². The molecule has 0 spiro atoms. The molecule has 4 aromatic rings. The van der Waals surface area contributed by atoms with Crippen LogP contribution >= 0.6 is 31.9 Å². The van der Waals surface area contributed by atoms with E-state index in [4.69, 9.17) is 14.2 Å². The number of fused-ring (bicyclic) bond motifs is 2. The van der Waals surface area contributed by atoms with Gasteiger partial charge in [-0.2, -0.15) is 9.97 Å². The van der Waals surface area contributed by atoms with Gasteiger partial charge in [0.1, 0.15) is 6.10 Å². The van der Waals surface area contributed by atoms with E-state index in [-0.39, 0.29) is 65.2 Å². The molecule has 0 saturated carbocycles. The molecule has 0 aliphatic carbocycles. The van der Waals surface area contributed by atoms with Crippen LogP contribution in [0, 0.1) is 0 Å². The molecule has 1 unspecified atom stereocenters. The van der Waals surface area contributed by atoms with E-state index in [1.165, 1.54) is 32.3 Å². The van der Waals surface area contributed by atoms with E-state index in [0.717, 1.165) is 12.8 Å². The number of aromatic amines is 2. The summed E-state index contributed by atoms with van der Waals surface area (Å²) in [5, 5.41) is 10.4. The van der Waals surface area contributed by atoms with Crippen LogP contribution in [0.25, 0.3) is 22.3 Å². The maximum atomic E-state index is 12.3. The first-order valence-corrected chi connectivity index (χ1v) is 17.9. The third-order valence-corrected chi connectivity index (χ3v) is 10.1. The standard InChI is InChI=1S/C16H21BrN6O4.C14H19BrN6O3.2CH4/c1-5-9-10(17)12(26-8(2)24)15(27-9)23-7-18-11-13(23)20-16(21-14(11)25)19-6-22(3)4;1-4-7-8(15)10(22)13(24-7)21-6-16-9-11(21)18-14(19-12(9)23)17-5-20(2)3;;/h6-7,9-10,12,15H,5H2,1-4H3,(H,20,21,25);5-8,10,13,22H,4H2,1-3H3,(H,18,19,23);2*1H4/t9-,10+,12?,15-;7-,8+,10-,13-;;/m11../s1. The number of nitrogens with zero attached hydrogens (tertiary/aromatic N) is 10. The highest BCUT2D eigenvalue weighted by Gasteiger charge is 2.46. The first-order valence-electron chi connectivity index (χ1n) is 16.0. The van der Waals surface area contributed by atoms with Crippen LogP contribution in [0.4, 0.5) is 11.9 Å². The van der Waals surface area contributed by atoms with Gasteiger partial charge < -0.3 is 29.1 Å². The lowest BCUT2D eigenvalue weighted by atomic mass is 10.1. The predicted molar refractivity (Wildman–Crippen MR) is 209 cm³/mol. The fourth-order valence-corrected chi connectivity index (χ4v) is 7.11. The van der Waals surface area contributed by atoms with Crippen molar-refractivity contribution in [3.05, 3.63) is 33.4 Å². The van der Waals surface area contributed by atoms with Crippen molar-refractivity contribution in [1.29, 1.82) is 0 Å². The summed E-state index contributed by atoms with van der Waals surface area (Å²) in [5.74, 6) is -0.105. The highest BCUT2D eigenvalue weighted by Crippen LogP contribution is 2.39. The second-order valence-electron chi connectivity index (χ2n) is 12.2. The molecule has 21 heteroatoms. The van der Waals surface area contributed by atoms with E-state index in [1.807, 2.05) is 42.0 Å². The second-order valence-corrected chi connectivity index (χ2v) is 14.4. The molecule has 2 aliphatic rings. The van der Waals surface area contributed by atoms with Crippen LogP contribution in [0.5, 0.6) is 0 Å². The molecular weight excluding hydrogens is 824 g/mol. The number of rotatable bonds is 9. The van der Waals surface area contributed by atoms with E-state index in [2.05, 4.69) is 71.7 Å². The van der Waals surface area contributed by atoms with Gasteiger partial charge in [-0.15, -0.1) is 0 Å². The van der Waals surface area contributed by atoms with Crippen LogP contribution in [0.2, 0.25) is 0 Å². The number of H-pyrrole nitrogens is 2. The molecule has 0 bridgehead atoms. The number of halogens is 2. The summed E-state index contributed by atoms with van der Waals surface area (Å²) in [7, 11) is 7.24. The van der Waals surface area contributed by atoms with Crippen molar-refractivity contribution in [3.8, 4) is 0 Å². The van der Waals surface area contributed by atoms with Gasteiger partial charge in [-0.25, -0.2) is 20.0 Å². The smallest absolute Gasteiger partial charge is 0.303 e. The van der Waals surface area contributed by atoms with Gasteiger partial charge >= 0.3 is 5.97 Å². The topological polar surface area (TPSA) is 223 Å². The molecule has 53 heavy (non-hydrogen) atoms. The molecule has 3 N–H and O–H groups in total. The average Bonchev–Trinajstić information content (AvgIpc) is 3.84. The number of carbonyl (C=O) groups excluding carboxylic acids is 1. The third kappa shape index (κ3) is 9.37. The van der Waals surface area contributed by atoms with Gasteiger partial charge in [0.25, 0.3) is 11.1 Å². The number of hydrogen-bond donors (Lipinski definition) is 3. The van der Waals surface area contributed by atoms with Gasteiger partial charge in [-0.05, 0) is 12.8 Å². The molecule has 292 valence electrons. The molecule has 2 aliphatic heterocycles. The van der Waals surface area contributed by atoms with Gasteiger partial charge in [0.2, 0.25) is 11.9 Å². The van der Waals surface area contributed by atoms with E-state index in [1.54, 1.807) is 18.9 Å². The Balaban J connectivity index is 0.000000277. The van der Waals surface area contributed by atoms with Crippen LogP contribution in [-0.2, 0) is 19.0 Å². The first kappa shape index (κ1) is 43.4. The number of aliphatic hydroxyl groups is 1. The van der Waals surface area contributed by atoms with Gasteiger partial charge in [0.15, 0.2) is 40.9 Å². The Morgan fingerprint density at radius 2 is 1.30 bits per heavy atom. The molecule has 8 atom stereocenters. The van der Waals surface area contributed by atoms with Crippen molar-refractivity contribution in [2.24, 2.45) is 9.98 Å². The molecule has 19 nitrogen and oxygen atoms in total. The van der Waals surface area contributed by atoms with Crippen LogP contribution in [0.3, 0.4) is 0 Å². The minimum Gasteiger partial charge on any atom is -0.456 e. The zero-order valence-electron chi connectivity index (χ0n) is 29.0. The monoisotopic (exact) mass is 870 g/mol. The Labute approximate surface area is 323 Å². The Bertz CT molecular complexity index is 2030. The first-order chi connectivity index (χ1) is 24.2. The van der Waals surface area contributed by atoms with Crippen LogP contribution in [0.15, 0.2) is 32.2 Å². The number of esters is 1. The number of carbonyl (C=O) groups is 1. The average molecular weight is 873 g/mol. The molecule has 2 fully saturated rings. The zero-order valence-corrected chi connectivity index (χ0v) is 32.1. The number of ether oxygens (including phenoxy) is 3. The van der Waals surface area contributed by atoms with Crippen molar-refractivity contribution < 1.29 is 24.1 Å². The van der Waals surface area contributed by atoms with Crippen molar-refractivity contribution in [2.45, 2.75) is 95.0 Å². The maximum absolute atomic E-state index is 12.3. The lowest BCUT2D eigenvalue weighted by molar-refractivity contribution is -0.151. The van der Waals surface area contributed by atoms with Crippen LogP contribution in [-0.4, -0.2) is 135 Å². The molecule has 6 rings (SSSR count). The molecule has 0 aromatic carbocycles. The predicted octanol–water partition coefficient (Wildman–Crippen LogP) is 3.39. The van der Waals surface area contributed by atoms with Crippen LogP contribution < -0.4 is 11.1 Å². The summed E-state index contributed by atoms with van der Waals surface area (Å²) in [5.41, 5.74) is 0.179. The summed E-state index contributed by atoms with van der Waals surface area (Å²) in [4.78, 5) is 69.5. The lowest BCUT2D eigenvalue weighted by Crippen LogP contribution is -2.31. The maximum Gasteiger partial charge on any atom is 0.303 e. The molecule has 6 heterocycles. The van der Waals surface area contributed by atoms with Crippen molar-refractivity contribution in [3.63, 3.8) is 0 Å². The fraction of sp³-hybridized carbons (Fsp3) is 0.594. The van der Waals surface area contributed by atoms with Gasteiger partial charge in [0, 0.05) is 35.1 Å². The largest absolute Gasteiger partial charge is 0.456 e. The van der Waals surface area contributed by atoms with Crippen molar-refractivity contribution >= 4 is 84.7 Å².